The van der Waals surface area contributed by atoms with E-state index in [1.54, 1.807) is 6.20 Å². The highest BCUT2D eigenvalue weighted by atomic mass is 16.3. The first-order chi connectivity index (χ1) is 11.6. The van der Waals surface area contributed by atoms with Crippen LogP contribution in [0.2, 0.25) is 0 Å². The van der Waals surface area contributed by atoms with Gasteiger partial charge in [0.1, 0.15) is 5.69 Å². The number of nitrogens with two attached hydrogens (primary N) is 1. The maximum absolute atomic E-state index is 11.1. The van der Waals surface area contributed by atoms with E-state index in [0.29, 0.717) is 5.69 Å². The van der Waals surface area contributed by atoms with E-state index in [-0.39, 0.29) is 11.8 Å². The van der Waals surface area contributed by atoms with Gasteiger partial charge < -0.3 is 15.8 Å². The molecule has 0 bridgehead atoms. The summed E-state index contributed by atoms with van der Waals surface area (Å²) in [6.07, 6.45) is 4.74. The molecule has 1 aliphatic rings. The molecule has 1 amide bonds. The number of hydrogen-bond acceptors (Lipinski definition) is 5. The SMILES string of the molecule is NC(=O)c1cnc(-c2ccc3c(CN4CC(O)C4)c[nH]c3c2)cn1. The number of β-amino-alcohol motifs (C(OH)–C–C–N with tert-alkyl or cyclic N) is 1. The molecule has 1 aromatic carbocycles. The van der Waals surface area contributed by atoms with E-state index >= 15 is 0 Å². The largest absolute Gasteiger partial charge is 0.390 e. The summed E-state index contributed by atoms with van der Waals surface area (Å²) >= 11 is 0. The van der Waals surface area contributed by atoms with Gasteiger partial charge in [0, 0.05) is 42.3 Å². The van der Waals surface area contributed by atoms with Gasteiger partial charge in [0.05, 0.1) is 24.2 Å². The molecule has 0 spiro atoms. The van der Waals surface area contributed by atoms with E-state index in [9.17, 15) is 9.90 Å². The number of aromatic nitrogens is 3. The van der Waals surface area contributed by atoms with Crippen molar-refractivity contribution in [2.45, 2.75) is 12.6 Å². The number of H-pyrrole nitrogens is 1. The Morgan fingerprint density at radius 3 is 2.83 bits per heavy atom. The van der Waals surface area contributed by atoms with E-state index in [1.807, 2.05) is 18.3 Å². The summed E-state index contributed by atoms with van der Waals surface area (Å²) in [6, 6.07) is 6.05. The minimum Gasteiger partial charge on any atom is -0.390 e. The Hall–Kier alpha value is -2.77. The molecule has 3 aromatic rings. The van der Waals surface area contributed by atoms with Gasteiger partial charge in [-0.1, -0.05) is 12.1 Å². The van der Waals surface area contributed by atoms with E-state index in [4.69, 9.17) is 5.73 Å². The van der Waals surface area contributed by atoms with Gasteiger partial charge in [-0.2, -0.15) is 0 Å². The third-order valence-electron chi connectivity index (χ3n) is 4.30. The number of nitrogens with zero attached hydrogens (tertiary/aromatic N) is 3. The summed E-state index contributed by atoms with van der Waals surface area (Å²) in [6.45, 7) is 2.28. The first-order valence-corrected chi connectivity index (χ1v) is 7.73. The van der Waals surface area contributed by atoms with Crippen LogP contribution >= 0.6 is 0 Å². The molecule has 1 aliphatic heterocycles. The van der Waals surface area contributed by atoms with Crippen molar-refractivity contribution in [1.82, 2.24) is 19.9 Å². The summed E-state index contributed by atoms with van der Waals surface area (Å²) in [5.74, 6) is -0.588. The quantitative estimate of drug-likeness (QED) is 0.661. The average molecular weight is 323 g/mol. The summed E-state index contributed by atoms with van der Waals surface area (Å²) in [4.78, 5) is 24.8. The molecule has 0 atom stereocenters. The Kier molecular flexibility index (Phi) is 3.51. The summed E-state index contributed by atoms with van der Waals surface area (Å²) < 4.78 is 0. The number of nitrogens with one attached hydrogen (secondary N) is 1. The van der Waals surface area contributed by atoms with Crippen LogP contribution in [0.4, 0.5) is 0 Å². The van der Waals surface area contributed by atoms with Gasteiger partial charge in [0.15, 0.2) is 0 Å². The fourth-order valence-electron chi connectivity index (χ4n) is 2.99. The topological polar surface area (TPSA) is 108 Å². The maximum Gasteiger partial charge on any atom is 0.268 e. The number of fused-ring (bicyclic) bond motifs is 1. The number of rotatable bonds is 4. The monoisotopic (exact) mass is 323 g/mol. The molecule has 3 heterocycles. The second kappa shape index (κ2) is 5.70. The highest BCUT2D eigenvalue weighted by Crippen LogP contribution is 2.26. The van der Waals surface area contributed by atoms with Gasteiger partial charge in [-0.15, -0.1) is 0 Å². The lowest BCUT2D eigenvalue weighted by Gasteiger charge is -2.35. The molecule has 7 heteroatoms. The third kappa shape index (κ3) is 2.64. The van der Waals surface area contributed by atoms with Crippen molar-refractivity contribution in [1.29, 1.82) is 0 Å². The fourth-order valence-corrected chi connectivity index (χ4v) is 2.99. The molecule has 0 radical (unpaired) electrons. The summed E-state index contributed by atoms with van der Waals surface area (Å²) in [5, 5.41) is 10.5. The van der Waals surface area contributed by atoms with Crippen molar-refractivity contribution >= 4 is 16.8 Å². The van der Waals surface area contributed by atoms with Gasteiger partial charge in [-0.25, -0.2) is 4.98 Å². The lowest BCUT2D eigenvalue weighted by Crippen LogP contribution is -2.49. The Morgan fingerprint density at radius 2 is 2.17 bits per heavy atom. The van der Waals surface area contributed by atoms with Crippen LogP contribution in [0.25, 0.3) is 22.2 Å². The number of carbonyl (C=O) groups excluding carboxylic acids is 1. The molecular formula is C17H17N5O2. The number of aliphatic hydroxyl groups excluding tert-OH is 1. The summed E-state index contributed by atoms with van der Waals surface area (Å²) in [5.41, 5.74) is 9.15. The van der Waals surface area contributed by atoms with Gasteiger partial charge >= 0.3 is 0 Å². The maximum atomic E-state index is 11.1. The van der Waals surface area contributed by atoms with Crippen molar-refractivity contribution in [3.05, 3.63) is 48.0 Å². The third-order valence-corrected chi connectivity index (χ3v) is 4.30. The van der Waals surface area contributed by atoms with Crippen molar-refractivity contribution in [2.75, 3.05) is 13.1 Å². The van der Waals surface area contributed by atoms with Gasteiger partial charge in [0.2, 0.25) is 0 Å². The van der Waals surface area contributed by atoms with Crippen LogP contribution < -0.4 is 5.73 Å². The molecule has 24 heavy (non-hydrogen) atoms. The molecule has 2 aromatic heterocycles. The number of benzene rings is 1. The molecule has 1 saturated heterocycles. The normalized spacial score (nSPS) is 15.5. The van der Waals surface area contributed by atoms with Crippen LogP contribution in [0, 0.1) is 0 Å². The minimum absolute atomic E-state index is 0.152. The predicted octanol–water partition coefficient (Wildman–Crippen LogP) is 0.900. The van der Waals surface area contributed by atoms with Crippen LogP contribution in [0.1, 0.15) is 16.1 Å². The Morgan fingerprint density at radius 1 is 1.33 bits per heavy atom. The number of aliphatic hydroxyl groups is 1. The van der Waals surface area contributed by atoms with Gasteiger partial charge in [0.25, 0.3) is 5.91 Å². The van der Waals surface area contributed by atoms with Crippen molar-refractivity contribution in [3.8, 4) is 11.3 Å². The Labute approximate surface area is 138 Å². The lowest BCUT2D eigenvalue weighted by atomic mass is 10.1. The molecule has 7 nitrogen and oxygen atoms in total. The second-order valence-corrected chi connectivity index (χ2v) is 6.07. The van der Waals surface area contributed by atoms with Crippen LogP contribution in [0.15, 0.2) is 36.8 Å². The van der Waals surface area contributed by atoms with Crippen molar-refractivity contribution < 1.29 is 9.90 Å². The first-order valence-electron chi connectivity index (χ1n) is 7.73. The highest BCUT2D eigenvalue weighted by molar-refractivity contribution is 5.91. The number of likely N-dealkylation sites (tertiary alicyclic amines) is 1. The minimum atomic E-state index is -0.588. The van der Waals surface area contributed by atoms with Crippen molar-refractivity contribution in [3.63, 3.8) is 0 Å². The first kappa shape index (κ1) is 14.8. The van der Waals surface area contributed by atoms with E-state index in [1.165, 1.54) is 11.8 Å². The van der Waals surface area contributed by atoms with E-state index < -0.39 is 5.91 Å². The van der Waals surface area contributed by atoms with Crippen LogP contribution in [0.3, 0.4) is 0 Å². The predicted molar refractivity (Wildman–Crippen MR) is 89.1 cm³/mol. The molecule has 4 rings (SSSR count). The Bertz CT molecular complexity index is 897. The van der Waals surface area contributed by atoms with E-state index in [0.717, 1.165) is 36.1 Å². The second-order valence-electron chi connectivity index (χ2n) is 6.07. The number of primary amides is 1. The molecular weight excluding hydrogens is 306 g/mol. The van der Waals surface area contributed by atoms with E-state index in [2.05, 4.69) is 25.9 Å². The molecule has 0 unspecified atom stereocenters. The molecule has 4 N–H and O–H groups in total. The average Bonchev–Trinajstić information content (AvgIpc) is 2.96. The molecule has 1 fully saturated rings. The molecule has 122 valence electrons. The van der Waals surface area contributed by atoms with Crippen LogP contribution in [0.5, 0.6) is 0 Å². The zero-order valence-corrected chi connectivity index (χ0v) is 12.9. The molecule has 0 saturated carbocycles. The lowest BCUT2D eigenvalue weighted by molar-refractivity contribution is -0.00263. The zero-order chi connectivity index (χ0) is 16.7. The van der Waals surface area contributed by atoms with Crippen LogP contribution in [-0.4, -0.2) is 50.1 Å². The summed E-state index contributed by atoms with van der Waals surface area (Å²) in [7, 11) is 0. The number of hydrogen-bond donors (Lipinski definition) is 3. The number of amides is 1. The molecule has 0 aliphatic carbocycles. The fraction of sp³-hybridized carbons (Fsp3) is 0.235. The highest BCUT2D eigenvalue weighted by Gasteiger charge is 2.24. The smallest absolute Gasteiger partial charge is 0.268 e. The van der Waals surface area contributed by atoms with Gasteiger partial charge in [-0.05, 0) is 11.6 Å². The van der Waals surface area contributed by atoms with Gasteiger partial charge in [-0.3, -0.25) is 14.7 Å². The van der Waals surface area contributed by atoms with Crippen molar-refractivity contribution in [2.24, 2.45) is 5.73 Å². The Balaban J connectivity index is 1.60. The number of carbonyl (C=O) groups is 1. The van der Waals surface area contributed by atoms with Crippen LogP contribution in [-0.2, 0) is 6.54 Å². The number of aromatic amines is 1. The standard InChI is InChI=1S/C17H17N5O2/c18-17(24)16-6-20-15(5-21-16)10-1-2-13-11(4-19-14(13)3-10)7-22-8-12(23)9-22/h1-6,12,19,23H,7-9H2,(H2,18,24). The zero-order valence-electron chi connectivity index (χ0n) is 12.9.